The van der Waals surface area contributed by atoms with Crippen LogP contribution in [-0.2, 0) is 9.53 Å². The number of hydrogen-bond acceptors (Lipinski definition) is 5. The van der Waals surface area contributed by atoms with Crippen molar-refractivity contribution < 1.29 is 27.5 Å². The Morgan fingerprint density at radius 1 is 1.06 bits per heavy atom. The summed E-state index contributed by atoms with van der Waals surface area (Å²) >= 11 is 0. The normalized spacial score (nSPS) is 10.8. The molecule has 156 valence electrons. The summed E-state index contributed by atoms with van der Waals surface area (Å²) in [5.41, 5.74) is 0.984. The Labute approximate surface area is 175 Å². The molecule has 2 aromatic carbocycles. The number of halogens is 2. The van der Waals surface area contributed by atoms with Gasteiger partial charge in [0, 0.05) is 11.5 Å². The second kappa shape index (κ2) is 8.35. The smallest absolute Gasteiger partial charge is 0.339 e. The van der Waals surface area contributed by atoms with Gasteiger partial charge in [-0.3, -0.25) is 4.79 Å². The van der Waals surface area contributed by atoms with Gasteiger partial charge < -0.3 is 14.5 Å². The first kappa shape index (κ1) is 20.2. The summed E-state index contributed by atoms with van der Waals surface area (Å²) in [6.45, 7) is 1.14. The number of aryl methyl sites for hydroxylation is 1. The van der Waals surface area contributed by atoms with Crippen LogP contribution in [0.25, 0.3) is 22.4 Å². The average molecular weight is 422 g/mol. The predicted molar refractivity (Wildman–Crippen MR) is 109 cm³/mol. The lowest BCUT2D eigenvalue weighted by Gasteiger charge is -2.10. The monoisotopic (exact) mass is 422 g/mol. The number of carbonyl (C=O) groups excluding carboxylic acids is 2. The van der Waals surface area contributed by atoms with Crippen molar-refractivity contribution in [2.75, 3.05) is 11.9 Å². The van der Waals surface area contributed by atoms with Gasteiger partial charge >= 0.3 is 5.97 Å². The first-order chi connectivity index (χ1) is 14.9. The Morgan fingerprint density at radius 2 is 1.87 bits per heavy atom. The molecule has 0 radical (unpaired) electrons. The van der Waals surface area contributed by atoms with Crippen molar-refractivity contribution in [2.24, 2.45) is 0 Å². The molecule has 1 N–H and O–H groups in total. The van der Waals surface area contributed by atoms with E-state index in [2.05, 4.69) is 10.3 Å². The number of aromatic nitrogens is 1. The third-order valence-corrected chi connectivity index (χ3v) is 4.47. The summed E-state index contributed by atoms with van der Waals surface area (Å²) in [4.78, 5) is 29.3. The molecular formula is C23H16F2N2O4. The summed E-state index contributed by atoms with van der Waals surface area (Å²) < 4.78 is 37.4. The molecule has 0 atom stereocenters. The van der Waals surface area contributed by atoms with E-state index < -0.39 is 30.1 Å². The van der Waals surface area contributed by atoms with E-state index in [0.29, 0.717) is 34.2 Å². The highest BCUT2D eigenvalue weighted by Crippen LogP contribution is 2.26. The quantitative estimate of drug-likeness (QED) is 0.464. The van der Waals surface area contributed by atoms with Crippen LogP contribution in [0.5, 0.6) is 0 Å². The van der Waals surface area contributed by atoms with Gasteiger partial charge in [-0.05, 0) is 43.3 Å². The first-order valence-electron chi connectivity index (χ1n) is 9.29. The summed E-state index contributed by atoms with van der Waals surface area (Å²) in [5.74, 6) is -2.04. The van der Waals surface area contributed by atoms with Crippen molar-refractivity contribution in [2.45, 2.75) is 6.92 Å². The maximum absolute atomic E-state index is 13.7. The molecule has 4 rings (SSSR count). The molecular weight excluding hydrogens is 406 g/mol. The van der Waals surface area contributed by atoms with Gasteiger partial charge in [0.1, 0.15) is 23.1 Å². The second-order valence-electron chi connectivity index (χ2n) is 6.73. The van der Waals surface area contributed by atoms with Crippen molar-refractivity contribution in [1.29, 1.82) is 0 Å². The van der Waals surface area contributed by atoms with Crippen LogP contribution >= 0.6 is 0 Å². The molecule has 31 heavy (non-hydrogen) atoms. The summed E-state index contributed by atoms with van der Waals surface area (Å²) in [7, 11) is 0. The van der Waals surface area contributed by atoms with Gasteiger partial charge in [-0.25, -0.2) is 18.6 Å². The lowest BCUT2D eigenvalue weighted by atomic mass is 10.1. The molecule has 0 saturated heterocycles. The van der Waals surface area contributed by atoms with Crippen LogP contribution in [0, 0.1) is 18.6 Å². The average Bonchev–Trinajstić information content (AvgIpc) is 3.19. The largest absolute Gasteiger partial charge is 0.460 e. The van der Waals surface area contributed by atoms with Crippen molar-refractivity contribution in [1.82, 2.24) is 4.98 Å². The molecule has 0 fully saturated rings. The van der Waals surface area contributed by atoms with E-state index in [0.717, 1.165) is 12.1 Å². The molecule has 0 bridgehead atoms. The number of hydrogen-bond donors (Lipinski definition) is 1. The van der Waals surface area contributed by atoms with E-state index in [1.54, 1.807) is 43.3 Å². The zero-order valence-electron chi connectivity index (χ0n) is 16.3. The van der Waals surface area contributed by atoms with Gasteiger partial charge in [0.15, 0.2) is 12.4 Å². The van der Waals surface area contributed by atoms with Crippen LogP contribution in [-0.4, -0.2) is 23.5 Å². The number of fused-ring (bicyclic) bond motifs is 1. The fraction of sp³-hybridized carbons (Fsp3) is 0.0870. The lowest BCUT2D eigenvalue weighted by molar-refractivity contribution is -0.119. The third kappa shape index (κ3) is 4.42. The van der Waals surface area contributed by atoms with Crippen molar-refractivity contribution >= 4 is 28.5 Å². The number of pyridine rings is 1. The van der Waals surface area contributed by atoms with E-state index in [1.165, 1.54) is 6.07 Å². The third-order valence-electron chi connectivity index (χ3n) is 4.47. The highest BCUT2D eigenvalue weighted by atomic mass is 19.1. The van der Waals surface area contributed by atoms with E-state index >= 15 is 0 Å². The maximum Gasteiger partial charge on any atom is 0.339 e. The van der Waals surface area contributed by atoms with Gasteiger partial charge in [0.05, 0.1) is 16.8 Å². The first-order valence-corrected chi connectivity index (χ1v) is 9.29. The zero-order valence-corrected chi connectivity index (χ0v) is 16.3. The van der Waals surface area contributed by atoms with Gasteiger partial charge in [-0.1, -0.05) is 18.2 Å². The molecule has 0 unspecified atom stereocenters. The minimum Gasteiger partial charge on any atom is -0.460 e. The van der Waals surface area contributed by atoms with Gasteiger partial charge in [0.2, 0.25) is 0 Å². The number of ether oxygens (including phenoxy) is 1. The summed E-state index contributed by atoms with van der Waals surface area (Å²) in [6.07, 6.45) is 0. The fourth-order valence-corrected chi connectivity index (χ4v) is 3.03. The van der Waals surface area contributed by atoms with E-state index in [9.17, 15) is 18.4 Å². The number of benzene rings is 2. The van der Waals surface area contributed by atoms with Crippen LogP contribution in [0.1, 0.15) is 16.1 Å². The van der Waals surface area contributed by atoms with E-state index in [-0.39, 0.29) is 11.3 Å². The van der Waals surface area contributed by atoms with Crippen molar-refractivity contribution in [3.63, 3.8) is 0 Å². The van der Waals surface area contributed by atoms with Crippen molar-refractivity contribution in [3.05, 3.63) is 83.6 Å². The van der Waals surface area contributed by atoms with Crippen LogP contribution in [0.15, 0.2) is 65.1 Å². The zero-order chi connectivity index (χ0) is 22.0. The molecule has 4 aromatic rings. The Hall–Kier alpha value is -4.07. The minimum absolute atomic E-state index is 0.204. The minimum atomic E-state index is -0.932. The second-order valence-corrected chi connectivity index (χ2v) is 6.73. The molecule has 0 saturated carbocycles. The molecule has 0 aliphatic heterocycles. The number of nitrogens with zero attached hydrogens (tertiary/aromatic N) is 1. The number of para-hydroxylation sites is 1. The number of anilines is 1. The maximum atomic E-state index is 13.7. The molecule has 0 aliphatic carbocycles. The van der Waals surface area contributed by atoms with Crippen LogP contribution in [0.3, 0.4) is 0 Å². The fourth-order valence-electron chi connectivity index (χ4n) is 3.03. The number of nitrogens with one attached hydrogen (secondary N) is 1. The van der Waals surface area contributed by atoms with E-state index in [1.807, 2.05) is 0 Å². The number of amides is 1. The number of carbonyl (C=O) groups is 2. The highest BCUT2D eigenvalue weighted by Gasteiger charge is 2.18. The van der Waals surface area contributed by atoms with Crippen LogP contribution in [0.4, 0.5) is 14.5 Å². The van der Waals surface area contributed by atoms with Crippen LogP contribution in [0.2, 0.25) is 0 Å². The molecule has 8 heteroatoms. The summed E-state index contributed by atoms with van der Waals surface area (Å²) in [6, 6.07) is 14.8. The Kier molecular flexibility index (Phi) is 5.44. The Morgan fingerprint density at radius 3 is 2.61 bits per heavy atom. The van der Waals surface area contributed by atoms with E-state index in [4.69, 9.17) is 9.15 Å². The van der Waals surface area contributed by atoms with Gasteiger partial charge in [0.25, 0.3) is 5.91 Å². The Bertz CT molecular complexity index is 1300. The van der Waals surface area contributed by atoms with Gasteiger partial charge in [-0.2, -0.15) is 0 Å². The molecule has 0 spiro atoms. The number of rotatable bonds is 5. The number of furan rings is 1. The topological polar surface area (TPSA) is 81.4 Å². The van der Waals surface area contributed by atoms with Gasteiger partial charge in [-0.15, -0.1) is 0 Å². The van der Waals surface area contributed by atoms with Crippen LogP contribution < -0.4 is 5.32 Å². The molecule has 1 amide bonds. The molecule has 6 nitrogen and oxygen atoms in total. The lowest BCUT2D eigenvalue weighted by Crippen LogP contribution is -2.21. The van der Waals surface area contributed by atoms with Crippen molar-refractivity contribution in [3.8, 4) is 11.5 Å². The molecule has 2 aromatic heterocycles. The number of esters is 1. The Balaban J connectivity index is 1.55. The summed E-state index contributed by atoms with van der Waals surface area (Å²) in [5, 5.41) is 2.78. The molecule has 0 aliphatic rings. The predicted octanol–water partition coefficient (Wildman–Crippen LogP) is 4.88. The molecule has 2 heterocycles. The SMILES string of the molecule is Cc1ccc(-c2cc(C(=O)OCC(=O)Nc3ccc(F)cc3F)c3ccccc3n2)o1. The standard InChI is InChI=1S/C23H16F2N2O4/c1-13-6-9-21(31-13)20-11-16(15-4-2-3-5-18(15)26-20)23(29)30-12-22(28)27-19-8-7-14(24)10-17(19)25/h2-11H,12H2,1H3,(H,27,28). The highest BCUT2D eigenvalue weighted by molar-refractivity contribution is 6.05.